The van der Waals surface area contributed by atoms with Crippen molar-refractivity contribution >= 4 is 41.4 Å². The molecule has 0 radical (unpaired) electrons. The zero-order valence-electron chi connectivity index (χ0n) is 40.6. The van der Waals surface area contributed by atoms with E-state index in [2.05, 4.69) is 29.8 Å². The zero-order chi connectivity index (χ0) is 47.4. The molecule has 15 heteroatoms. The highest BCUT2D eigenvalue weighted by Crippen LogP contribution is 2.29. The summed E-state index contributed by atoms with van der Waals surface area (Å²) in [5.41, 5.74) is 0. The van der Waals surface area contributed by atoms with Gasteiger partial charge in [0.05, 0.1) is 6.07 Å². The number of likely N-dealkylation sites (N-methyl/N-ethyl adjacent to an activating group) is 3. The van der Waals surface area contributed by atoms with Gasteiger partial charge >= 0.3 is 5.97 Å². The van der Waals surface area contributed by atoms with Gasteiger partial charge in [-0.3, -0.25) is 28.8 Å². The number of ether oxygens (including phenoxy) is 1. The Morgan fingerprint density at radius 2 is 1.14 bits per heavy atom. The third-order valence-corrected chi connectivity index (χ3v) is 13.2. The maximum atomic E-state index is 14.6. The second-order valence-corrected chi connectivity index (χ2v) is 19.1. The van der Waals surface area contributed by atoms with Gasteiger partial charge < -0.3 is 35.4 Å². The van der Waals surface area contributed by atoms with Crippen LogP contribution in [0, 0.1) is 35.0 Å². The quantitative estimate of drug-likeness (QED) is 0.146. The van der Waals surface area contributed by atoms with E-state index in [9.17, 15) is 38.8 Å². The number of nitrogens with zero attached hydrogens (tertiary/aromatic N) is 4. The summed E-state index contributed by atoms with van der Waals surface area (Å²) in [5, 5.41) is 18.3. The molecule has 3 N–H and O–H groups in total. The van der Waals surface area contributed by atoms with Gasteiger partial charge in [-0.25, -0.2) is 4.79 Å². The molecule has 358 valence electrons. The molecule has 0 aromatic rings. The van der Waals surface area contributed by atoms with E-state index in [-0.39, 0.29) is 62.2 Å². The SMILES string of the molecule is CCCC[C@@H](C)C[C@@H]1NC(=O)[C@H](CC2CCCCC2)N(C)C(=O)C(CC)NC(=O)C(CC(C)C)N(C)C(=O)[C@H](C[C@H](C)CCCC)NC(=O)C(CCC#N)OC(=O)C(C)N(C)C1=O. The Balaban J connectivity index is 2.81. The number of amides is 6. The lowest BCUT2D eigenvalue weighted by molar-refractivity contribution is -0.163. The first kappa shape index (κ1) is 54.9. The zero-order valence-corrected chi connectivity index (χ0v) is 40.6. The molecule has 1 saturated heterocycles. The van der Waals surface area contributed by atoms with Crippen LogP contribution in [0.1, 0.15) is 171 Å². The highest BCUT2D eigenvalue weighted by Gasteiger charge is 2.41. The minimum atomic E-state index is -1.46. The molecular weight excluding hydrogens is 803 g/mol. The van der Waals surface area contributed by atoms with Crippen molar-refractivity contribution in [1.82, 2.24) is 30.7 Å². The Morgan fingerprint density at radius 1 is 0.667 bits per heavy atom. The summed E-state index contributed by atoms with van der Waals surface area (Å²) < 4.78 is 5.79. The lowest BCUT2D eigenvalue weighted by Gasteiger charge is -2.36. The van der Waals surface area contributed by atoms with Crippen LogP contribution in [-0.4, -0.2) is 120 Å². The summed E-state index contributed by atoms with van der Waals surface area (Å²) in [4.78, 5) is 105. The summed E-state index contributed by atoms with van der Waals surface area (Å²) in [6, 6.07) is -4.37. The Kier molecular flexibility index (Phi) is 24.3. The van der Waals surface area contributed by atoms with Crippen LogP contribution in [0.3, 0.4) is 0 Å². The van der Waals surface area contributed by atoms with E-state index in [0.29, 0.717) is 6.42 Å². The van der Waals surface area contributed by atoms with Crippen LogP contribution in [0.25, 0.3) is 0 Å². The van der Waals surface area contributed by atoms with Crippen molar-refractivity contribution in [2.24, 2.45) is 23.7 Å². The Labute approximate surface area is 378 Å². The van der Waals surface area contributed by atoms with Crippen LogP contribution in [-0.2, 0) is 38.3 Å². The van der Waals surface area contributed by atoms with E-state index in [1.807, 2.05) is 33.8 Å². The van der Waals surface area contributed by atoms with E-state index in [1.165, 1.54) is 35.7 Å². The van der Waals surface area contributed by atoms with Gasteiger partial charge in [0.15, 0.2) is 6.10 Å². The summed E-state index contributed by atoms with van der Waals surface area (Å²) in [5.74, 6) is -4.08. The number of esters is 1. The summed E-state index contributed by atoms with van der Waals surface area (Å²) in [6.07, 6.45) is 9.84. The molecule has 2 aliphatic rings. The first-order chi connectivity index (χ1) is 29.8. The smallest absolute Gasteiger partial charge is 0.329 e. The number of hydrogen-bond donors (Lipinski definition) is 3. The van der Waals surface area contributed by atoms with E-state index in [1.54, 1.807) is 14.0 Å². The van der Waals surface area contributed by atoms with Crippen molar-refractivity contribution in [3.05, 3.63) is 0 Å². The van der Waals surface area contributed by atoms with E-state index in [4.69, 9.17) is 4.74 Å². The summed E-state index contributed by atoms with van der Waals surface area (Å²) in [6.45, 7) is 15.3. The van der Waals surface area contributed by atoms with Crippen molar-refractivity contribution in [3.8, 4) is 6.07 Å². The van der Waals surface area contributed by atoms with Crippen molar-refractivity contribution in [2.45, 2.75) is 213 Å². The maximum Gasteiger partial charge on any atom is 0.329 e. The Hall–Kier alpha value is -4.22. The molecule has 0 aromatic heterocycles. The third-order valence-electron chi connectivity index (χ3n) is 13.2. The monoisotopic (exact) mass is 886 g/mol. The number of carbonyl (C=O) groups is 7. The van der Waals surface area contributed by atoms with Gasteiger partial charge in [-0.15, -0.1) is 0 Å². The predicted octanol–water partition coefficient (Wildman–Crippen LogP) is 6.03. The fourth-order valence-corrected chi connectivity index (χ4v) is 8.87. The number of nitriles is 1. The number of unbranched alkanes of at least 4 members (excludes halogenated alkanes) is 2. The van der Waals surface area contributed by atoms with Gasteiger partial charge in [-0.05, 0) is 62.7 Å². The number of rotatable bonds is 17. The fraction of sp³-hybridized carbons (Fsp3) is 0.833. The molecule has 63 heavy (non-hydrogen) atoms. The number of hydrogen-bond acceptors (Lipinski definition) is 9. The lowest BCUT2D eigenvalue weighted by atomic mass is 9.84. The van der Waals surface area contributed by atoms with Gasteiger partial charge in [0.1, 0.15) is 36.3 Å². The minimum Gasteiger partial charge on any atom is -0.451 e. The first-order valence-corrected chi connectivity index (χ1v) is 24.1. The van der Waals surface area contributed by atoms with Crippen molar-refractivity contribution in [3.63, 3.8) is 0 Å². The normalized spacial score (nSPS) is 26.9. The van der Waals surface area contributed by atoms with Crippen LogP contribution < -0.4 is 16.0 Å². The largest absolute Gasteiger partial charge is 0.451 e. The summed E-state index contributed by atoms with van der Waals surface area (Å²) >= 11 is 0. The highest BCUT2D eigenvalue weighted by molar-refractivity contribution is 5.97. The molecule has 1 aliphatic carbocycles. The average Bonchev–Trinajstić information content (AvgIpc) is 3.26. The average molecular weight is 886 g/mol. The van der Waals surface area contributed by atoms with Gasteiger partial charge in [-0.1, -0.05) is 119 Å². The highest BCUT2D eigenvalue weighted by atomic mass is 16.5. The van der Waals surface area contributed by atoms with E-state index in [0.717, 1.165) is 70.6 Å². The summed E-state index contributed by atoms with van der Waals surface area (Å²) in [7, 11) is 4.53. The van der Waals surface area contributed by atoms with Crippen LogP contribution in [0.15, 0.2) is 0 Å². The van der Waals surface area contributed by atoms with Gasteiger partial charge in [-0.2, -0.15) is 5.26 Å². The molecule has 4 unspecified atom stereocenters. The molecule has 2 rings (SSSR count). The van der Waals surface area contributed by atoms with Gasteiger partial charge in [0.25, 0.3) is 5.91 Å². The van der Waals surface area contributed by atoms with Crippen LogP contribution >= 0.6 is 0 Å². The van der Waals surface area contributed by atoms with E-state index >= 15 is 0 Å². The molecule has 15 nitrogen and oxygen atoms in total. The first-order valence-electron chi connectivity index (χ1n) is 24.1. The molecule has 1 heterocycles. The van der Waals surface area contributed by atoms with Gasteiger partial charge in [0.2, 0.25) is 29.5 Å². The van der Waals surface area contributed by atoms with Crippen LogP contribution in [0.5, 0.6) is 0 Å². The van der Waals surface area contributed by atoms with Crippen LogP contribution in [0.2, 0.25) is 0 Å². The second-order valence-electron chi connectivity index (χ2n) is 19.1. The molecule has 9 atom stereocenters. The number of carbonyl (C=O) groups excluding carboxylic acids is 7. The van der Waals surface area contributed by atoms with Crippen molar-refractivity contribution in [1.29, 1.82) is 5.26 Å². The van der Waals surface area contributed by atoms with Crippen molar-refractivity contribution < 1.29 is 38.3 Å². The Morgan fingerprint density at radius 3 is 1.65 bits per heavy atom. The number of cyclic esters (lactones) is 1. The molecule has 1 saturated carbocycles. The molecule has 6 amide bonds. The predicted molar refractivity (Wildman–Crippen MR) is 243 cm³/mol. The van der Waals surface area contributed by atoms with Gasteiger partial charge in [0, 0.05) is 34.0 Å². The minimum absolute atomic E-state index is 0.00705. The maximum absolute atomic E-state index is 14.6. The standard InChI is InChI=1S/C48H83N7O8/c1-12-15-21-32(6)28-37-46(60)53(9)34(8)48(62)63-41(25-20-26-49)44(58)52-38(29-33(7)22-16-13-2)47(61)54(10)39(27-31(4)5)42(56)50-36(14-3)45(59)55(11)40(43(57)51-37)30-35-23-18-17-19-24-35/h31-41H,12-25,27-30H2,1-11H3,(H,50,56)(H,51,57)(H,52,58)/t32-,33-,34?,36?,37+,38+,39?,40+,41?/m1/s1. The molecule has 2 fully saturated rings. The second kappa shape index (κ2) is 27.9. The Bertz CT molecular complexity index is 1540. The molecule has 0 spiro atoms. The van der Waals surface area contributed by atoms with Crippen molar-refractivity contribution in [2.75, 3.05) is 21.1 Å². The third kappa shape index (κ3) is 17.4. The lowest BCUT2D eigenvalue weighted by Crippen LogP contribution is -2.60. The van der Waals surface area contributed by atoms with Crippen LogP contribution in [0.4, 0.5) is 0 Å². The fourth-order valence-electron chi connectivity index (χ4n) is 8.87. The number of nitrogens with one attached hydrogen (secondary N) is 3. The molecule has 0 aromatic carbocycles. The molecule has 1 aliphatic heterocycles. The van der Waals surface area contributed by atoms with E-state index < -0.39 is 83.8 Å². The topological polar surface area (TPSA) is 198 Å². The molecular formula is C48H83N7O8. The molecule has 0 bridgehead atoms.